The highest BCUT2D eigenvalue weighted by Gasteiger charge is 2.14. The Morgan fingerprint density at radius 3 is 2.65 bits per heavy atom. The molecule has 0 aromatic heterocycles. The summed E-state index contributed by atoms with van der Waals surface area (Å²) in [6.45, 7) is 7.02. The molecule has 1 aromatic carbocycles. The Morgan fingerprint density at radius 2 is 2.05 bits per heavy atom. The van der Waals surface area contributed by atoms with Gasteiger partial charge in [-0.15, -0.1) is 12.4 Å². The van der Waals surface area contributed by atoms with Crippen molar-refractivity contribution in [3.8, 4) is 5.75 Å². The standard InChI is InChI=1S/C15H24N2O2.ClH/c1-11-6-5-7-14(8-11)19-10-13(3)17-15(18)12(2)9-16-4;/h5-8,12-13,16H,9-10H2,1-4H3,(H,17,18);1H. The molecule has 0 spiro atoms. The molecule has 0 aliphatic heterocycles. The third-order valence-corrected chi connectivity index (χ3v) is 2.84. The Morgan fingerprint density at radius 1 is 1.35 bits per heavy atom. The predicted molar refractivity (Wildman–Crippen MR) is 84.6 cm³/mol. The lowest BCUT2D eigenvalue weighted by Crippen LogP contribution is -2.41. The summed E-state index contributed by atoms with van der Waals surface area (Å²) in [7, 11) is 1.84. The molecular formula is C15H25ClN2O2. The summed E-state index contributed by atoms with van der Waals surface area (Å²) in [5.41, 5.74) is 1.16. The third kappa shape index (κ3) is 6.78. The van der Waals surface area contributed by atoms with Crippen molar-refractivity contribution in [2.75, 3.05) is 20.2 Å². The predicted octanol–water partition coefficient (Wildman–Crippen LogP) is 2.16. The van der Waals surface area contributed by atoms with Gasteiger partial charge in [0.2, 0.25) is 5.91 Å². The van der Waals surface area contributed by atoms with Gasteiger partial charge in [-0.2, -0.15) is 0 Å². The second-order valence-corrected chi connectivity index (χ2v) is 5.00. The summed E-state index contributed by atoms with van der Waals surface area (Å²) in [6, 6.07) is 7.89. The first-order chi connectivity index (χ1) is 9.02. The van der Waals surface area contributed by atoms with Crippen LogP contribution in [0.3, 0.4) is 0 Å². The number of benzene rings is 1. The first kappa shape index (κ1) is 18.7. The second-order valence-electron chi connectivity index (χ2n) is 5.00. The molecule has 1 rings (SSSR count). The van der Waals surface area contributed by atoms with Crippen LogP contribution in [0.25, 0.3) is 0 Å². The zero-order valence-corrected chi connectivity index (χ0v) is 13.4. The van der Waals surface area contributed by atoms with Gasteiger partial charge in [0.1, 0.15) is 12.4 Å². The largest absolute Gasteiger partial charge is 0.491 e. The molecule has 0 aliphatic carbocycles. The van der Waals surface area contributed by atoms with E-state index < -0.39 is 0 Å². The van der Waals surface area contributed by atoms with Gasteiger partial charge in [0.25, 0.3) is 0 Å². The number of nitrogens with one attached hydrogen (secondary N) is 2. The minimum absolute atomic E-state index is 0. The molecule has 0 bridgehead atoms. The monoisotopic (exact) mass is 300 g/mol. The quantitative estimate of drug-likeness (QED) is 0.811. The van der Waals surface area contributed by atoms with Gasteiger partial charge in [0.15, 0.2) is 0 Å². The molecule has 1 amide bonds. The molecule has 0 fully saturated rings. The minimum atomic E-state index is -0.0357. The molecule has 0 saturated heterocycles. The first-order valence-electron chi connectivity index (χ1n) is 6.67. The fraction of sp³-hybridized carbons (Fsp3) is 0.533. The highest BCUT2D eigenvalue weighted by Crippen LogP contribution is 2.12. The number of carbonyl (C=O) groups excluding carboxylic acids is 1. The van der Waals surface area contributed by atoms with Gasteiger partial charge in [-0.25, -0.2) is 0 Å². The van der Waals surface area contributed by atoms with Crippen molar-refractivity contribution in [3.63, 3.8) is 0 Å². The molecule has 114 valence electrons. The van der Waals surface area contributed by atoms with E-state index in [-0.39, 0.29) is 30.3 Å². The van der Waals surface area contributed by atoms with Crippen LogP contribution in [-0.2, 0) is 4.79 Å². The van der Waals surface area contributed by atoms with E-state index in [9.17, 15) is 4.79 Å². The summed E-state index contributed by atoms with van der Waals surface area (Å²) in [4.78, 5) is 11.8. The van der Waals surface area contributed by atoms with E-state index in [4.69, 9.17) is 4.74 Å². The lowest BCUT2D eigenvalue weighted by Gasteiger charge is -2.18. The van der Waals surface area contributed by atoms with Gasteiger partial charge in [-0.05, 0) is 38.6 Å². The van der Waals surface area contributed by atoms with Crippen molar-refractivity contribution in [2.24, 2.45) is 5.92 Å². The average molecular weight is 301 g/mol. The van der Waals surface area contributed by atoms with Crippen LogP contribution in [0, 0.1) is 12.8 Å². The van der Waals surface area contributed by atoms with Crippen molar-refractivity contribution in [3.05, 3.63) is 29.8 Å². The number of amides is 1. The van der Waals surface area contributed by atoms with Crippen molar-refractivity contribution in [2.45, 2.75) is 26.8 Å². The smallest absolute Gasteiger partial charge is 0.224 e. The van der Waals surface area contributed by atoms with Crippen LogP contribution in [0.1, 0.15) is 19.4 Å². The van der Waals surface area contributed by atoms with Gasteiger partial charge in [0.05, 0.1) is 6.04 Å². The molecule has 5 heteroatoms. The number of ether oxygens (including phenoxy) is 1. The van der Waals surface area contributed by atoms with Crippen molar-refractivity contribution in [1.29, 1.82) is 0 Å². The Bertz CT molecular complexity index is 413. The van der Waals surface area contributed by atoms with Crippen molar-refractivity contribution in [1.82, 2.24) is 10.6 Å². The van der Waals surface area contributed by atoms with Crippen LogP contribution < -0.4 is 15.4 Å². The molecule has 0 radical (unpaired) electrons. The van der Waals surface area contributed by atoms with Crippen LogP contribution in [-0.4, -0.2) is 32.1 Å². The Kier molecular flexibility index (Phi) is 9.01. The molecular weight excluding hydrogens is 276 g/mol. The Labute approximate surface area is 127 Å². The fourth-order valence-electron chi connectivity index (χ4n) is 1.75. The molecule has 0 heterocycles. The van der Waals surface area contributed by atoms with Gasteiger partial charge in [-0.1, -0.05) is 19.1 Å². The molecule has 4 nitrogen and oxygen atoms in total. The van der Waals surface area contributed by atoms with E-state index in [2.05, 4.69) is 10.6 Å². The van der Waals surface area contributed by atoms with Crippen LogP contribution in [0.15, 0.2) is 24.3 Å². The van der Waals surface area contributed by atoms with Crippen LogP contribution >= 0.6 is 12.4 Å². The molecule has 2 unspecified atom stereocenters. The number of rotatable bonds is 7. The molecule has 2 atom stereocenters. The lowest BCUT2D eigenvalue weighted by atomic mass is 10.1. The van der Waals surface area contributed by atoms with E-state index in [0.717, 1.165) is 11.3 Å². The maximum absolute atomic E-state index is 11.8. The summed E-state index contributed by atoms with van der Waals surface area (Å²) >= 11 is 0. The van der Waals surface area contributed by atoms with Gasteiger partial charge < -0.3 is 15.4 Å². The fourth-order valence-corrected chi connectivity index (χ4v) is 1.75. The van der Waals surface area contributed by atoms with Gasteiger partial charge in [-0.3, -0.25) is 4.79 Å². The zero-order chi connectivity index (χ0) is 14.3. The SMILES string of the molecule is CNCC(C)C(=O)NC(C)COc1cccc(C)c1.Cl. The lowest BCUT2D eigenvalue weighted by molar-refractivity contribution is -0.125. The van der Waals surface area contributed by atoms with E-state index in [1.54, 1.807) is 0 Å². The molecule has 20 heavy (non-hydrogen) atoms. The summed E-state index contributed by atoms with van der Waals surface area (Å²) in [6.07, 6.45) is 0. The Balaban J connectivity index is 0.00000361. The minimum Gasteiger partial charge on any atom is -0.491 e. The van der Waals surface area contributed by atoms with Crippen LogP contribution in [0.5, 0.6) is 5.75 Å². The van der Waals surface area contributed by atoms with E-state index in [1.165, 1.54) is 0 Å². The van der Waals surface area contributed by atoms with Crippen LogP contribution in [0.2, 0.25) is 0 Å². The number of hydrogen-bond acceptors (Lipinski definition) is 3. The molecule has 1 aromatic rings. The maximum Gasteiger partial charge on any atom is 0.224 e. The topological polar surface area (TPSA) is 50.4 Å². The van der Waals surface area contributed by atoms with E-state index >= 15 is 0 Å². The van der Waals surface area contributed by atoms with Gasteiger partial charge in [0, 0.05) is 12.5 Å². The Hall–Kier alpha value is -1.26. The number of aryl methyl sites for hydroxylation is 1. The van der Waals surface area contributed by atoms with E-state index in [0.29, 0.717) is 13.2 Å². The van der Waals surface area contributed by atoms with Crippen LogP contribution in [0.4, 0.5) is 0 Å². The number of carbonyl (C=O) groups is 1. The summed E-state index contributed by atoms with van der Waals surface area (Å²) in [5.74, 6) is 0.852. The number of hydrogen-bond donors (Lipinski definition) is 2. The summed E-state index contributed by atoms with van der Waals surface area (Å²) in [5, 5.41) is 5.94. The van der Waals surface area contributed by atoms with E-state index in [1.807, 2.05) is 52.1 Å². The first-order valence-corrected chi connectivity index (χ1v) is 6.67. The highest BCUT2D eigenvalue weighted by atomic mass is 35.5. The maximum atomic E-state index is 11.8. The van der Waals surface area contributed by atoms with Gasteiger partial charge >= 0.3 is 0 Å². The third-order valence-electron chi connectivity index (χ3n) is 2.84. The molecule has 0 aliphatic rings. The summed E-state index contributed by atoms with van der Waals surface area (Å²) < 4.78 is 5.66. The number of halogens is 1. The second kappa shape index (κ2) is 9.61. The molecule has 2 N–H and O–H groups in total. The normalized spacial score (nSPS) is 13.0. The average Bonchev–Trinajstić information content (AvgIpc) is 2.36. The highest BCUT2D eigenvalue weighted by molar-refractivity contribution is 5.85. The van der Waals surface area contributed by atoms with Crippen molar-refractivity contribution >= 4 is 18.3 Å². The zero-order valence-electron chi connectivity index (χ0n) is 12.6. The molecule has 0 saturated carbocycles. The van der Waals surface area contributed by atoms with Crippen molar-refractivity contribution < 1.29 is 9.53 Å².